The van der Waals surface area contributed by atoms with Gasteiger partial charge in [0.25, 0.3) is 11.3 Å². The van der Waals surface area contributed by atoms with Crippen molar-refractivity contribution in [2.45, 2.75) is 26.2 Å². The molecule has 5 nitrogen and oxygen atoms in total. The molecule has 1 unspecified atom stereocenters. The Kier molecular flexibility index (Phi) is 6.80. The SMILES string of the molecule is Cc1cccc(N(c2ccccc2CCCc2ccc(C(=O)O)cc2)S(=O)O)c1. The van der Waals surface area contributed by atoms with E-state index in [0.29, 0.717) is 11.4 Å². The third-order valence-corrected chi connectivity index (χ3v) is 5.44. The molecule has 0 spiro atoms. The Morgan fingerprint density at radius 1 is 0.966 bits per heavy atom. The van der Waals surface area contributed by atoms with E-state index in [1.807, 2.05) is 67.6 Å². The van der Waals surface area contributed by atoms with E-state index < -0.39 is 17.2 Å². The molecule has 0 radical (unpaired) electrons. The Labute approximate surface area is 173 Å². The minimum absolute atomic E-state index is 0.276. The van der Waals surface area contributed by atoms with E-state index in [9.17, 15) is 13.6 Å². The Bertz CT molecular complexity index is 1020. The second kappa shape index (κ2) is 9.49. The van der Waals surface area contributed by atoms with Gasteiger partial charge < -0.3 is 5.11 Å². The van der Waals surface area contributed by atoms with Gasteiger partial charge in [-0.2, -0.15) is 0 Å². The number of rotatable bonds is 8. The zero-order chi connectivity index (χ0) is 20.8. The van der Waals surface area contributed by atoms with Gasteiger partial charge in [-0.1, -0.05) is 42.5 Å². The fraction of sp³-hybridized carbons (Fsp3) is 0.174. The molecule has 0 aliphatic heterocycles. The number of aryl methyl sites for hydroxylation is 3. The van der Waals surface area contributed by atoms with Gasteiger partial charge in [-0.15, -0.1) is 0 Å². The Hall–Kier alpha value is -2.96. The average Bonchev–Trinajstić information content (AvgIpc) is 2.69. The summed E-state index contributed by atoms with van der Waals surface area (Å²) in [4.78, 5) is 11.0. The second-order valence-electron chi connectivity index (χ2n) is 6.85. The van der Waals surface area contributed by atoms with Crippen molar-refractivity contribution in [3.05, 3.63) is 95.1 Å². The number of para-hydroxylation sites is 1. The van der Waals surface area contributed by atoms with E-state index in [1.165, 1.54) is 4.31 Å². The molecule has 0 saturated heterocycles. The molecule has 0 heterocycles. The first kappa shape index (κ1) is 20.8. The third-order valence-electron chi connectivity index (χ3n) is 4.72. The highest BCUT2D eigenvalue weighted by Crippen LogP contribution is 2.31. The summed E-state index contributed by atoms with van der Waals surface area (Å²) >= 11 is -2.19. The van der Waals surface area contributed by atoms with Crippen LogP contribution in [-0.2, 0) is 24.1 Å². The minimum atomic E-state index is -2.19. The standard InChI is InChI=1S/C23H23NO4S/c1-17-6-4-10-21(16-17)24(29(27)28)22-11-3-2-8-19(22)9-5-7-18-12-14-20(15-13-18)23(25)26/h2-4,6,8,10-16H,5,7,9H2,1H3,(H,25,26)(H,27,28). The van der Waals surface area contributed by atoms with Gasteiger partial charge in [0.1, 0.15) is 0 Å². The predicted molar refractivity (Wildman–Crippen MR) is 116 cm³/mol. The number of benzene rings is 3. The van der Waals surface area contributed by atoms with Crippen LogP contribution in [0.3, 0.4) is 0 Å². The lowest BCUT2D eigenvalue weighted by Crippen LogP contribution is -2.20. The first-order valence-electron chi connectivity index (χ1n) is 9.33. The van der Waals surface area contributed by atoms with Crippen LogP contribution in [-0.4, -0.2) is 19.8 Å². The summed E-state index contributed by atoms with van der Waals surface area (Å²) < 4.78 is 23.5. The van der Waals surface area contributed by atoms with Crippen molar-refractivity contribution in [3.63, 3.8) is 0 Å². The highest BCUT2D eigenvalue weighted by molar-refractivity contribution is 7.81. The van der Waals surface area contributed by atoms with E-state index in [1.54, 1.807) is 12.1 Å². The van der Waals surface area contributed by atoms with Crippen LogP contribution in [0.5, 0.6) is 0 Å². The molecular weight excluding hydrogens is 386 g/mol. The van der Waals surface area contributed by atoms with Crippen molar-refractivity contribution in [2.75, 3.05) is 4.31 Å². The van der Waals surface area contributed by atoms with Crippen molar-refractivity contribution in [2.24, 2.45) is 0 Å². The minimum Gasteiger partial charge on any atom is -0.478 e. The number of hydrogen-bond acceptors (Lipinski definition) is 2. The number of carboxylic acids is 1. The molecule has 150 valence electrons. The average molecular weight is 410 g/mol. The van der Waals surface area contributed by atoms with Gasteiger partial charge in [-0.25, -0.2) is 13.3 Å². The Morgan fingerprint density at radius 3 is 2.34 bits per heavy atom. The lowest BCUT2D eigenvalue weighted by molar-refractivity contribution is 0.0697. The van der Waals surface area contributed by atoms with E-state index in [2.05, 4.69) is 0 Å². The summed E-state index contributed by atoms with van der Waals surface area (Å²) in [6, 6.07) is 22.0. The molecule has 0 saturated carbocycles. The number of anilines is 2. The van der Waals surface area contributed by atoms with Gasteiger partial charge in [0.15, 0.2) is 0 Å². The topological polar surface area (TPSA) is 77.8 Å². The van der Waals surface area contributed by atoms with Crippen molar-refractivity contribution in [3.8, 4) is 0 Å². The highest BCUT2D eigenvalue weighted by Gasteiger charge is 2.18. The Morgan fingerprint density at radius 2 is 1.69 bits per heavy atom. The van der Waals surface area contributed by atoms with E-state index >= 15 is 0 Å². The lowest BCUT2D eigenvalue weighted by Gasteiger charge is -2.23. The maximum absolute atomic E-state index is 12.1. The smallest absolute Gasteiger partial charge is 0.335 e. The number of nitrogens with zero attached hydrogens (tertiary/aromatic N) is 1. The van der Waals surface area contributed by atoms with Crippen molar-refractivity contribution < 1.29 is 18.7 Å². The first-order chi connectivity index (χ1) is 14.0. The Balaban J connectivity index is 1.77. The van der Waals surface area contributed by atoms with Crippen LogP contribution in [0.15, 0.2) is 72.8 Å². The normalized spacial score (nSPS) is 11.8. The molecule has 0 amide bonds. The van der Waals surface area contributed by atoms with Crippen LogP contribution in [0.1, 0.15) is 33.5 Å². The second-order valence-corrected chi connectivity index (χ2v) is 7.68. The zero-order valence-corrected chi connectivity index (χ0v) is 16.9. The van der Waals surface area contributed by atoms with Crippen LogP contribution in [0.2, 0.25) is 0 Å². The molecule has 0 fully saturated rings. The van der Waals surface area contributed by atoms with Crippen LogP contribution in [0, 0.1) is 6.92 Å². The fourth-order valence-corrected chi connectivity index (χ4v) is 3.93. The summed E-state index contributed by atoms with van der Waals surface area (Å²) in [7, 11) is 0. The molecule has 2 N–H and O–H groups in total. The molecule has 0 aliphatic rings. The molecular formula is C23H23NO4S. The third kappa shape index (κ3) is 5.31. The maximum Gasteiger partial charge on any atom is 0.335 e. The molecule has 3 aromatic rings. The maximum atomic E-state index is 12.1. The molecule has 0 bridgehead atoms. The zero-order valence-electron chi connectivity index (χ0n) is 16.1. The van der Waals surface area contributed by atoms with Crippen LogP contribution in [0.25, 0.3) is 0 Å². The summed E-state index contributed by atoms with van der Waals surface area (Å²) in [5.41, 5.74) is 4.72. The molecule has 6 heteroatoms. The van der Waals surface area contributed by atoms with Crippen LogP contribution >= 0.6 is 0 Å². The van der Waals surface area contributed by atoms with Crippen molar-refractivity contribution in [1.29, 1.82) is 0 Å². The van der Waals surface area contributed by atoms with E-state index in [-0.39, 0.29) is 5.56 Å². The van der Waals surface area contributed by atoms with Gasteiger partial charge in [-0.3, -0.25) is 4.55 Å². The van der Waals surface area contributed by atoms with Gasteiger partial charge in [0.05, 0.1) is 16.9 Å². The quantitative estimate of drug-likeness (QED) is 0.505. The number of carbonyl (C=O) groups is 1. The van der Waals surface area contributed by atoms with Gasteiger partial charge in [-0.05, 0) is 73.2 Å². The summed E-state index contributed by atoms with van der Waals surface area (Å²) in [6.07, 6.45) is 2.36. The fourth-order valence-electron chi connectivity index (χ4n) is 3.28. The van der Waals surface area contributed by atoms with Gasteiger partial charge >= 0.3 is 5.97 Å². The molecule has 3 aromatic carbocycles. The summed E-state index contributed by atoms with van der Waals surface area (Å²) in [5, 5.41) is 8.99. The largest absolute Gasteiger partial charge is 0.478 e. The molecule has 1 atom stereocenters. The highest BCUT2D eigenvalue weighted by atomic mass is 32.2. The molecule has 3 rings (SSSR count). The van der Waals surface area contributed by atoms with Gasteiger partial charge in [0.2, 0.25) is 0 Å². The number of carboxylic acid groups (broad SMARTS) is 1. The van der Waals surface area contributed by atoms with Crippen molar-refractivity contribution >= 4 is 28.6 Å². The summed E-state index contributed by atoms with van der Waals surface area (Å²) in [5.74, 6) is -0.932. The lowest BCUT2D eigenvalue weighted by atomic mass is 10.0. The predicted octanol–water partition coefficient (Wildman–Crippen LogP) is 5.14. The first-order valence-corrected chi connectivity index (χ1v) is 10.4. The van der Waals surface area contributed by atoms with Crippen LogP contribution < -0.4 is 4.31 Å². The number of hydrogen-bond donors (Lipinski definition) is 2. The molecule has 29 heavy (non-hydrogen) atoms. The van der Waals surface area contributed by atoms with Crippen molar-refractivity contribution in [1.82, 2.24) is 0 Å². The monoisotopic (exact) mass is 409 g/mol. The molecule has 0 aliphatic carbocycles. The van der Waals surface area contributed by atoms with E-state index in [4.69, 9.17) is 5.11 Å². The van der Waals surface area contributed by atoms with E-state index in [0.717, 1.165) is 36.0 Å². The van der Waals surface area contributed by atoms with Crippen LogP contribution in [0.4, 0.5) is 11.4 Å². The molecule has 0 aromatic heterocycles. The summed E-state index contributed by atoms with van der Waals surface area (Å²) in [6.45, 7) is 1.95. The van der Waals surface area contributed by atoms with Gasteiger partial charge in [0, 0.05) is 0 Å². The number of aromatic carboxylic acids is 1.